The van der Waals surface area contributed by atoms with Gasteiger partial charge >= 0.3 is 0 Å². The number of rotatable bonds is 2. The van der Waals surface area contributed by atoms with Crippen molar-refractivity contribution in [2.45, 2.75) is 13.0 Å². The average molecular weight is 301 g/mol. The van der Waals surface area contributed by atoms with Gasteiger partial charge in [-0.3, -0.25) is 0 Å². The second-order valence-electron chi connectivity index (χ2n) is 3.59. The minimum absolute atomic E-state index is 0.278. The Morgan fingerprint density at radius 1 is 1.38 bits per heavy atom. The fourth-order valence-electron chi connectivity index (χ4n) is 1.59. The van der Waals surface area contributed by atoms with Crippen LogP contribution in [0.15, 0.2) is 33.4 Å². The summed E-state index contributed by atoms with van der Waals surface area (Å²) in [4.78, 5) is 0. The van der Waals surface area contributed by atoms with E-state index in [0.717, 1.165) is 20.5 Å². The SMILES string of the molecule is Cc1cc(F)ccc1C(O)c1csc(Br)c1. The first-order valence-corrected chi connectivity index (χ1v) is 6.43. The van der Waals surface area contributed by atoms with Crippen LogP contribution in [-0.2, 0) is 0 Å². The molecule has 0 fully saturated rings. The summed E-state index contributed by atoms with van der Waals surface area (Å²) in [5.41, 5.74) is 2.33. The molecule has 16 heavy (non-hydrogen) atoms. The Morgan fingerprint density at radius 3 is 2.69 bits per heavy atom. The lowest BCUT2D eigenvalue weighted by molar-refractivity contribution is 0.220. The van der Waals surface area contributed by atoms with Gasteiger partial charge in [-0.05, 0) is 63.1 Å². The number of benzene rings is 1. The van der Waals surface area contributed by atoms with Gasteiger partial charge in [0, 0.05) is 0 Å². The van der Waals surface area contributed by atoms with Crippen LogP contribution in [0.25, 0.3) is 0 Å². The first-order chi connectivity index (χ1) is 7.58. The number of hydrogen-bond donors (Lipinski definition) is 1. The van der Waals surface area contributed by atoms with E-state index in [2.05, 4.69) is 15.9 Å². The van der Waals surface area contributed by atoms with Crippen molar-refractivity contribution in [1.29, 1.82) is 0 Å². The van der Waals surface area contributed by atoms with Crippen LogP contribution >= 0.6 is 27.3 Å². The van der Waals surface area contributed by atoms with Crippen molar-refractivity contribution in [2.24, 2.45) is 0 Å². The van der Waals surface area contributed by atoms with Crippen LogP contribution in [0.3, 0.4) is 0 Å². The molecule has 0 radical (unpaired) electrons. The third-order valence-corrected chi connectivity index (χ3v) is 3.95. The van der Waals surface area contributed by atoms with Gasteiger partial charge in [-0.15, -0.1) is 11.3 Å². The van der Waals surface area contributed by atoms with E-state index in [1.165, 1.54) is 23.5 Å². The smallest absolute Gasteiger partial charge is 0.123 e. The Labute approximate surface area is 106 Å². The van der Waals surface area contributed by atoms with Crippen molar-refractivity contribution >= 4 is 27.3 Å². The lowest BCUT2D eigenvalue weighted by Crippen LogP contribution is -2.00. The fourth-order valence-corrected chi connectivity index (χ4v) is 2.79. The van der Waals surface area contributed by atoms with Crippen LogP contribution in [0.4, 0.5) is 4.39 Å². The van der Waals surface area contributed by atoms with Crippen LogP contribution in [-0.4, -0.2) is 5.11 Å². The standard InChI is InChI=1S/C12H10BrFOS/c1-7-4-9(14)2-3-10(7)12(15)8-5-11(13)16-6-8/h2-6,12,15H,1H3. The van der Waals surface area contributed by atoms with E-state index in [9.17, 15) is 9.50 Å². The van der Waals surface area contributed by atoms with Gasteiger partial charge in [-0.2, -0.15) is 0 Å². The van der Waals surface area contributed by atoms with E-state index in [-0.39, 0.29) is 5.82 Å². The highest BCUT2D eigenvalue weighted by atomic mass is 79.9. The highest BCUT2D eigenvalue weighted by molar-refractivity contribution is 9.11. The molecule has 1 heterocycles. The molecule has 2 aromatic rings. The Balaban J connectivity index is 2.37. The van der Waals surface area contributed by atoms with E-state index in [1.807, 2.05) is 11.4 Å². The fraction of sp³-hybridized carbons (Fsp3) is 0.167. The predicted molar refractivity (Wildman–Crippen MR) is 67.2 cm³/mol. The zero-order valence-corrected chi connectivity index (χ0v) is 11.0. The second kappa shape index (κ2) is 4.65. The molecule has 0 aliphatic rings. The van der Waals surface area contributed by atoms with Crippen LogP contribution in [0, 0.1) is 12.7 Å². The first-order valence-electron chi connectivity index (χ1n) is 4.76. The van der Waals surface area contributed by atoms with Crippen molar-refractivity contribution < 1.29 is 9.50 Å². The quantitative estimate of drug-likeness (QED) is 0.887. The van der Waals surface area contributed by atoms with Gasteiger partial charge in [0.25, 0.3) is 0 Å². The lowest BCUT2D eigenvalue weighted by atomic mass is 9.99. The molecule has 84 valence electrons. The topological polar surface area (TPSA) is 20.2 Å². The monoisotopic (exact) mass is 300 g/mol. The summed E-state index contributed by atoms with van der Waals surface area (Å²) in [6.07, 6.45) is -0.692. The molecule has 0 amide bonds. The summed E-state index contributed by atoms with van der Waals surface area (Å²) < 4.78 is 13.9. The van der Waals surface area contributed by atoms with Gasteiger partial charge in [-0.1, -0.05) is 6.07 Å². The molecule has 0 saturated heterocycles. The summed E-state index contributed by atoms with van der Waals surface area (Å²) in [5.74, 6) is -0.278. The van der Waals surface area contributed by atoms with Gasteiger partial charge in [0.15, 0.2) is 0 Å². The molecule has 1 aromatic heterocycles. The van der Waals surface area contributed by atoms with Crippen molar-refractivity contribution in [3.05, 3.63) is 55.9 Å². The molecule has 0 saturated carbocycles. The van der Waals surface area contributed by atoms with Crippen LogP contribution in [0.2, 0.25) is 0 Å². The lowest BCUT2D eigenvalue weighted by Gasteiger charge is -2.12. The molecule has 0 aliphatic carbocycles. The summed E-state index contributed by atoms with van der Waals surface area (Å²) in [6, 6.07) is 6.30. The minimum atomic E-state index is -0.692. The maximum absolute atomic E-state index is 12.9. The summed E-state index contributed by atoms with van der Waals surface area (Å²) in [5, 5.41) is 12.0. The van der Waals surface area contributed by atoms with E-state index >= 15 is 0 Å². The van der Waals surface area contributed by atoms with Crippen LogP contribution in [0.1, 0.15) is 22.8 Å². The minimum Gasteiger partial charge on any atom is -0.384 e. The van der Waals surface area contributed by atoms with Gasteiger partial charge < -0.3 is 5.11 Å². The number of aliphatic hydroxyl groups is 1. The molecule has 0 aliphatic heterocycles. The van der Waals surface area contributed by atoms with Crippen molar-refractivity contribution in [3.8, 4) is 0 Å². The van der Waals surface area contributed by atoms with Gasteiger partial charge in [0.2, 0.25) is 0 Å². The molecule has 4 heteroatoms. The summed E-state index contributed by atoms with van der Waals surface area (Å²) >= 11 is 4.87. The predicted octanol–water partition coefficient (Wildman–Crippen LogP) is 4.04. The first kappa shape index (κ1) is 11.8. The number of hydrogen-bond acceptors (Lipinski definition) is 2. The number of halogens is 2. The molecule has 1 N–H and O–H groups in total. The van der Waals surface area contributed by atoms with Gasteiger partial charge in [-0.25, -0.2) is 4.39 Å². The number of aliphatic hydroxyl groups excluding tert-OH is 1. The molecule has 1 atom stereocenters. The van der Waals surface area contributed by atoms with Crippen molar-refractivity contribution in [1.82, 2.24) is 0 Å². The molecular weight excluding hydrogens is 291 g/mol. The average Bonchev–Trinajstić information content (AvgIpc) is 2.64. The molecule has 1 nitrogen and oxygen atoms in total. The molecular formula is C12H10BrFOS. The highest BCUT2D eigenvalue weighted by Crippen LogP contribution is 2.30. The summed E-state index contributed by atoms with van der Waals surface area (Å²) in [6.45, 7) is 1.79. The van der Waals surface area contributed by atoms with E-state index < -0.39 is 6.10 Å². The molecule has 0 spiro atoms. The highest BCUT2D eigenvalue weighted by Gasteiger charge is 2.14. The zero-order chi connectivity index (χ0) is 11.7. The van der Waals surface area contributed by atoms with Crippen molar-refractivity contribution in [2.75, 3.05) is 0 Å². The van der Waals surface area contributed by atoms with Crippen molar-refractivity contribution in [3.63, 3.8) is 0 Å². The Morgan fingerprint density at radius 2 is 2.12 bits per heavy atom. The van der Waals surface area contributed by atoms with Crippen LogP contribution < -0.4 is 0 Å². The third-order valence-electron chi connectivity index (χ3n) is 2.43. The molecule has 1 aromatic carbocycles. The Kier molecular flexibility index (Phi) is 3.42. The largest absolute Gasteiger partial charge is 0.384 e. The van der Waals surface area contributed by atoms with E-state index in [1.54, 1.807) is 13.0 Å². The Hall–Kier alpha value is -0.710. The molecule has 0 bridgehead atoms. The maximum Gasteiger partial charge on any atom is 0.123 e. The number of aryl methyl sites for hydroxylation is 1. The third kappa shape index (κ3) is 2.34. The number of thiophene rings is 1. The Bertz CT molecular complexity index is 509. The van der Waals surface area contributed by atoms with E-state index in [4.69, 9.17) is 0 Å². The summed E-state index contributed by atoms with van der Waals surface area (Å²) in [7, 11) is 0. The molecule has 2 rings (SSSR count). The van der Waals surface area contributed by atoms with Gasteiger partial charge in [0.05, 0.1) is 3.79 Å². The van der Waals surface area contributed by atoms with Crippen LogP contribution in [0.5, 0.6) is 0 Å². The zero-order valence-electron chi connectivity index (χ0n) is 8.58. The van der Waals surface area contributed by atoms with E-state index in [0.29, 0.717) is 0 Å². The maximum atomic E-state index is 12.9. The normalized spacial score (nSPS) is 12.8. The molecule has 1 unspecified atom stereocenters. The second-order valence-corrected chi connectivity index (χ2v) is 5.88. The van der Waals surface area contributed by atoms with Gasteiger partial charge in [0.1, 0.15) is 11.9 Å².